The smallest absolute Gasteiger partial charge is 0.128 e. The molecule has 0 amide bonds. The van der Waals surface area contributed by atoms with Crippen molar-refractivity contribution in [2.75, 3.05) is 6.54 Å². The van der Waals surface area contributed by atoms with Crippen LogP contribution in [0, 0.1) is 11.3 Å². The Bertz CT molecular complexity index is 464. The first-order valence-corrected chi connectivity index (χ1v) is 6.51. The molecule has 1 heterocycles. The van der Waals surface area contributed by atoms with E-state index in [9.17, 15) is 0 Å². The summed E-state index contributed by atoms with van der Waals surface area (Å²) >= 11 is 0. The fourth-order valence-electron chi connectivity index (χ4n) is 2.99. The monoisotopic (exact) mass is 230 g/mol. The highest BCUT2D eigenvalue weighted by Crippen LogP contribution is 2.45. The Labute approximate surface area is 101 Å². The molecule has 1 atom stereocenters. The molecular weight excluding hydrogens is 212 g/mol. The van der Waals surface area contributed by atoms with Crippen LogP contribution in [0.2, 0.25) is 0 Å². The van der Waals surface area contributed by atoms with Crippen molar-refractivity contribution in [1.82, 2.24) is 9.78 Å². The van der Waals surface area contributed by atoms with Gasteiger partial charge in [-0.05, 0) is 44.6 Å². The summed E-state index contributed by atoms with van der Waals surface area (Å²) in [7, 11) is 0. The number of aromatic nitrogens is 2. The molecule has 2 aliphatic carbocycles. The number of fused-ring (bicyclic) bond motifs is 1. The lowest BCUT2D eigenvalue weighted by molar-refractivity contribution is 0.534. The predicted octanol–water partition coefficient (Wildman–Crippen LogP) is 1.66. The lowest BCUT2D eigenvalue weighted by atomic mass is 9.84. The Morgan fingerprint density at radius 2 is 2.24 bits per heavy atom. The second-order valence-electron chi connectivity index (χ2n) is 5.16. The third-order valence-electron chi connectivity index (χ3n) is 3.97. The van der Waals surface area contributed by atoms with Gasteiger partial charge in [0, 0.05) is 17.2 Å². The van der Waals surface area contributed by atoms with E-state index in [1.54, 1.807) is 0 Å². The van der Waals surface area contributed by atoms with Crippen molar-refractivity contribution in [3.8, 4) is 6.07 Å². The van der Waals surface area contributed by atoms with Gasteiger partial charge in [-0.25, -0.2) is 0 Å². The van der Waals surface area contributed by atoms with Gasteiger partial charge in [-0.3, -0.25) is 4.68 Å². The molecule has 0 aliphatic heterocycles. The van der Waals surface area contributed by atoms with Gasteiger partial charge in [-0.2, -0.15) is 10.4 Å². The maximum atomic E-state index is 8.87. The zero-order valence-corrected chi connectivity index (χ0v) is 10.0. The molecule has 2 N–H and O–H groups in total. The molecule has 3 rings (SSSR count). The van der Waals surface area contributed by atoms with Gasteiger partial charge in [0.1, 0.15) is 6.54 Å². The number of nitriles is 1. The molecule has 1 unspecified atom stereocenters. The van der Waals surface area contributed by atoms with E-state index in [2.05, 4.69) is 11.2 Å². The van der Waals surface area contributed by atoms with Crippen LogP contribution < -0.4 is 5.73 Å². The number of hydrogen-bond donors (Lipinski definition) is 1. The molecule has 2 aliphatic rings. The van der Waals surface area contributed by atoms with Crippen LogP contribution >= 0.6 is 0 Å². The average molecular weight is 230 g/mol. The number of nitrogens with two attached hydrogens (primary N) is 1. The first-order valence-electron chi connectivity index (χ1n) is 6.51. The molecule has 0 radical (unpaired) electrons. The quantitative estimate of drug-likeness (QED) is 0.858. The van der Waals surface area contributed by atoms with E-state index in [0.29, 0.717) is 24.9 Å². The Morgan fingerprint density at radius 1 is 1.41 bits per heavy atom. The van der Waals surface area contributed by atoms with Crippen molar-refractivity contribution >= 4 is 0 Å². The Kier molecular flexibility index (Phi) is 2.64. The molecule has 4 nitrogen and oxygen atoms in total. The summed E-state index contributed by atoms with van der Waals surface area (Å²) in [6.45, 7) is 1.09. The summed E-state index contributed by atoms with van der Waals surface area (Å²) in [6, 6.07) is 2.21. The minimum absolute atomic E-state index is 0.381. The maximum Gasteiger partial charge on any atom is 0.128 e. The molecule has 0 bridgehead atoms. The van der Waals surface area contributed by atoms with Gasteiger partial charge >= 0.3 is 0 Å². The maximum absolute atomic E-state index is 8.87. The largest absolute Gasteiger partial charge is 0.330 e. The summed E-state index contributed by atoms with van der Waals surface area (Å²) in [5, 5.41) is 13.6. The lowest BCUT2D eigenvalue weighted by Crippen LogP contribution is -2.19. The fourth-order valence-corrected chi connectivity index (χ4v) is 2.99. The van der Waals surface area contributed by atoms with Crippen LogP contribution in [0.4, 0.5) is 0 Å². The second-order valence-corrected chi connectivity index (χ2v) is 5.16. The molecule has 0 aromatic carbocycles. The van der Waals surface area contributed by atoms with Crippen LogP contribution in [0.1, 0.15) is 54.5 Å². The van der Waals surface area contributed by atoms with Crippen LogP contribution in [-0.4, -0.2) is 16.3 Å². The minimum Gasteiger partial charge on any atom is -0.330 e. The third-order valence-corrected chi connectivity index (χ3v) is 3.97. The van der Waals surface area contributed by atoms with Gasteiger partial charge in [0.05, 0.1) is 11.8 Å². The van der Waals surface area contributed by atoms with Crippen molar-refractivity contribution < 1.29 is 0 Å². The van der Waals surface area contributed by atoms with E-state index >= 15 is 0 Å². The molecule has 1 fully saturated rings. The number of hydrogen-bond acceptors (Lipinski definition) is 3. The average Bonchev–Trinajstić information content (AvgIpc) is 3.13. The SMILES string of the molecule is N#CCn1nc(C2CC2)c2c1CCCC2CN. The molecule has 4 heteroatoms. The normalized spacial score (nSPS) is 23.2. The van der Waals surface area contributed by atoms with E-state index in [1.165, 1.54) is 42.6 Å². The van der Waals surface area contributed by atoms with Crippen molar-refractivity contribution in [2.24, 2.45) is 5.73 Å². The topological polar surface area (TPSA) is 67.6 Å². The van der Waals surface area contributed by atoms with Crippen LogP contribution in [0.15, 0.2) is 0 Å². The highest BCUT2D eigenvalue weighted by Gasteiger charge is 2.35. The summed E-state index contributed by atoms with van der Waals surface area (Å²) in [4.78, 5) is 0. The molecule has 90 valence electrons. The summed E-state index contributed by atoms with van der Waals surface area (Å²) in [5.41, 5.74) is 9.83. The third kappa shape index (κ3) is 1.75. The Hall–Kier alpha value is -1.34. The van der Waals surface area contributed by atoms with Crippen molar-refractivity contribution in [1.29, 1.82) is 5.26 Å². The van der Waals surface area contributed by atoms with Gasteiger partial charge in [-0.15, -0.1) is 0 Å². The first kappa shape index (κ1) is 10.8. The Balaban J connectivity index is 2.07. The van der Waals surface area contributed by atoms with Gasteiger partial charge < -0.3 is 5.73 Å². The van der Waals surface area contributed by atoms with Gasteiger partial charge in [0.15, 0.2) is 0 Å². The summed E-state index contributed by atoms with van der Waals surface area (Å²) in [5.74, 6) is 1.12. The first-order chi connectivity index (χ1) is 8.35. The zero-order valence-electron chi connectivity index (χ0n) is 10.0. The molecule has 0 saturated heterocycles. The van der Waals surface area contributed by atoms with Crippen LogP contribution in [0.5, 0.6) is 0 Å². The minimum atomic E-state index is 0.381. The van der Waals surface area contributed by atoms with E-state index in [-0.39, 0.29) is 0 Å². The lowest BCUT2D eigenvalue weighted by Gasteiger charge is -2.22. The van der Waals surface area contributed by atoms with E-state index < -0.39 is 0 Å². The van der Waals surface area contributed by atoms with Crippen LogP contribution in [0.25, 0.3) is 0 Å². The standard InChI is InChI=1S/C13H18N4/c14-6-7-17-11-3-1-2-10(8-15)12(11)13(16-17)9-4-5-9/h9-10H,1-5,7-8,15H2. The van der Waals surface area contributed by atoms with E-state index in [0.717, 1.165) is 6.42 Å². The van der Waals surface area contributed by atoms with Crippen molar-refractivity contribution in [2.45, 2.75) is 50.5 Å². The highest BCUT2D eigenvalue weighted by atomic mass is 15.3. The fraction of sp³-hybridized carbons (Fsp3) is 0.692. The van der Waals surface area contributed by atoms with Crippen molar-refractivity contribution in [3.05, 3.63) is 17.0 Å². The van der Waals surface area contributed by atoms with Gasteiger partial charge in [0.2, 0.25) is 0 Å². The molecule has 1 aromatic rings. The predicted molar refractivity (Wildman–Crippen MR) is 64.5 cm³/mol. The van der Waals surface area contributed by atoms with Crippen molar-refractivity contribution in [3.63, 3.8) is 0 Å². The van der Waals surface area contributed by atoms with E-state index in [1.807, 2.05) is 4.68 Å². The van der Waals surface area contributed by atoms with E-state index in [4.69, 9.17) is 11.0 Å². The highest BCUT2D eigenvalue weighted by molar-refractivity contribution is 5.37. The molecule has 17 heavy (non-hydrogen) atoms. The molecule has 0 spiro atoms. The van der Waals surface area contributed by atoms with Crippen LogP contribution in [0.3, 0.4) is 0 Å². The summed E-state index contributed by atoms with van der Waals surface area (Å²) < 4.78 is 1.92. The molecule has 1 aromatic heterocycles. The van der Waals surface area contributed by atoms with Gasteiger partial charge in [-0.1, -0.05) is 0 Å². The number of nitrogens with zero attached hydrogens (tertiary/aromatic N) is 3. The van der Waals surface area contributed by atoms with Gasteiger partial charge in [0.25, 0.3) is 0 Å². The Morgan fingerprint density at radius 3 is 2.88 bits per heavy atom. The molecule has 1 saturated carbocycles. The van der Waals surface area contributed by atoms with Crippen LogP contribution in [-0.2, 0) is 13.0 Å². The summed E-state index contributed by atoms with van der Waals surface area (Å²) in [6.07, 6.45) is 5.94. The molecular formula is C13H18N4. The second kappa shape index (κ2) is 4.15. The zero-order chi connectivity index (χ0) is 11.8. The number of rotatable bonds is 3.